The number of nitrogens with zero attached hydrogens (tertiary/aromatic N) is 3. The zero-order valence-corrected chi connectivity index (χ0v) is 17.3. The van der Waals surface area contributed by atoms with Gasteiger partial charge in [-0.1, -0.05) is 35.9 Å². The molecule has 1 saturated carbocycles. The second-order valence-electron chi connectivity index (χ2n) is 8.08. The zero-order valence-electron chi connectivity index (χ0n) is 16.6. The first-order chi connectivity index (χ1) is 14.6. The van der Waals surface area contributed by atoms with E-state index in [1.807, 2.05) is 24.3 Å². The Hall–Kier alpha value is -2.86. The first-order valence-electron chi connectivity index (χ1n) is 10.4. The Balaban J connectivity index is 1.39. The van der Waals surface area contributed by atoms with Crippen LogP contribution in [0.25, 0.3) is 11.4 Å². The van der Waals surface area contributed by atoms with Gasteiger partial charge in [-0.2, -0.15) is 0 Å². The van der Waals surface area contributed by atoms with Crippen LogP contribution in [0.3, 0.4) is 0 Å². The second kappa shape index (κ2) is 7.76. The Morgan fingerprint density at radius 1 is 1.10 bits per heavy atom. The van der Waals surface area contributed by atoms with Gasteiger partial charge in [-0.25, -0.2) is 9.48 Å². The van der Waals surface area contributed by atoms with Gasteiger partial charge < -0.3 is 5.32 Å². The van der Waals surface area contributed by atoms with E-state index in [-0.39, 0.29) is 30.2 Å². The number of aryl methyl sites for hydroxylation is 1. The normalized spacial score (nSPS) is 18.1. The third-order valence-corrected chi connectivity index (χ3v) is 6.13. The molecular formula is C23H23ClN4O2. The van der Waals surface area contributed by atoms with Crippen LogP contribution in [-0.2, 0) is 17.8 Å². The highest BCUT2D eigenvalue weighted by atomic mass is 35.5. The highest BCUT2D eigenvalue weighted by Gasteiger charge is 2.31. The maximum atomic E-state index is 13.0. The van der Waals surface area contributed by atoms with E-state index in [0.29, 0.717) is 10.8 Å². The number of amides is 1. The third-order valence-electron chi connectivity index (χ3n) is 5.88. The van der Waals surface area contributed by atoms with E-state index in [1.54, 1.807) is 16.7 Å². The molecule has 1 heterocycles. The molecule has 0 spiro atoms. The number of fused-ring (bicyclic) bond motifs is 1. The fourth-order valence-electron chi connectivity index (χ4n) is 4.26. The van der Waals surface area contributed by atoms with Gasteiger partial charge in [0, 0.05) is 16.6 Å². The summed E-state index contributed by atoms with van der Waals surface area (Å²) in [6.45, 7) is -0.0855. The van der Waals surface area contributed by atoms with Crippen LogP contribution in [0.15, 0.2) is 53.3 Å². The van der Waals surface area contributed by atoms with E-state index in [9.17, 15) is 9.59 Å². The van der Waals surface area contributed by atoms with Crippen LogP contribution < -0.4 is 11.0 Å². The number of benzene rings is 2. The standard InChI is InChI=1S/C23H23ClN4O2/c24-17-10-8-16(9-11-17)22-26-27(23(30)28(22)18-12-13-18)14-21(29)25-20-7-3-5-15-4-1-2-6-19(15)20/h1-2,4,6,8-11,18,20H,3,5,7,12-14H2,(H,25,29). The average Bonchev–Trinajstić information content (AvgIpc) is 3.53. The van der Waals surface area contributed by atoms with Gasteiger partial charge in [0.1, 0.15) is 6.54 Å². The molecule has 3 aromatic rings. The summed E-state index contributed by atoms with van der Waals surface area (Å²) < 4.78 is 3.00. The van der Waals surface area contributed by atoms with Crippen molar-refractivity contribution in [1.29, 1.82) is 0 Å². The van der Waals surface area contributed by atoms with Gasteiger partial charge in [0.25, 0.3) is 0 Å². The van der Waals surface area contributed by atoms with E-state index in [4.69, 9.17) is 11.6 Å². The minimum absolute atomic E-state index is 0.0144. The van der Waals surface area contributed by atoms with E-state index < -0.39 is 0 Å². The summed E-state index contributed by atoms with van der Waals surface area (Å²) in [5.41, 5.74) is 3.05. The zero-order chi connectivity index (χ0) is 20.7. The molecular weight excluding hydrogens is 400 g/mol. The van der Waals surface area contributed by atoms with Gasteiger partial charge in [0.15, 0.2) is 5.82 Å². The molecule has 2 aromatic carbocycles. The summed E-state index contributed by atoms with van der Waals surface area (Å²) in [5.74, 6) is 0.400. The van der Waals surface area contributed by atoms with Crippen molar-refractivity contribution >= 4 is 17.5 Å². The molecule has 1 N–H and O–H groups in total. The van der Waals surface area contributed by atoms with Crippen molar-refractivity contribution in [2.24, 2.45) is 0 Å². The molecule has 0 radical (unpaired) electrons. The lowest BCUT2D eigenvalue weighted by Crippen LogP contribution is -2.36. The van der Waals surface area contributed by atoms with Gasteiger partial charge >= 0.3 is 5.69 Å². The van der Waals surface area contributed by atoms with Crippen molar-refractivity contribution in [2.45, 2.75) is 50.7 Å². The van der Waals surface area contributed by atoms with Crippen molar-refractivity contribution in [1.82, 2.24) is 19.7 Å². The molecule has 2 aliphatic carbocycles. The molecule has 30 heavy (non-hydrogen) atoms. The minimum Gasteiger partial charge on any atom is -0.348 e. The number of halogens is 1. The number of nitrogens with one attached hydrogen (secondary N) is 1. The number of carbonyl (C=O) groups is 1. The summed E-state index contributed by atoms with van der Waals surface area (Å²) in [6, 6.07) is 15.6. The van der Waals surface area contributed by atoms with Crippen LogP contribution in [0, 0.1) is 0 Å². The summed E-state index contributed by atoms with van der Waals surface area (Å²) >= 11 is 6.00. The van der Waals surface area contributed by atoms with Crippen molar-refractivity contribution in [2.75, 3.05) is 0 Å². The molecule has 7 heteroatoms. The molecule has 1 atom stereocenters. The van der Waals surface area contributed by atoms with Crippen LogP contribution in [0.5, 0.6) is 0 Å². The minimum atomic E-state index is -0.235. The monoisotopic (exact) mass is 422 g/mol. The smallest absolute Gasteiger partial charge is 0.346 e. The largest absolute Gasteiger partial charge is 0.348 e. The van der Waals surface area contributed by atoms with E-state index in [1.165, 1.54) is 15.8 Å². The maximum Gasteiger partial charge on any atom is 0.346 e. The number of rotatable bonds is 5. The van der Waals surface area contributed by atoms with Crippen LogP contribution in [0.4, 0.5) is 0 Å². The summed E-state index contributed by atoms with van der Waals surface area (Å²) in [7, 11) is 0. The highest BCUT2D eigenvalue weighted by Crippen LogP contribution is 2.36. The highest BCUT2D eigenvalue weighted by molar-refractivity contribution is 6.30. The SMILES string of the molecule is O=C(Cn1nc(-c2ccc(Cl)cc2)n(C2CC2)c1=O)NC1CCCc2ccccc21. The number of hydrogen-bond donors (Lipinski definition) is 1. The van der Waals surface area contributed by atoms with Gasteiger partial charge in [-0.3, -0.25) is 9.36 Å². The van der Waals surface area contributed by atoms with E-state index in [2.05, 4.69) is 22.5 Å². The number of hydrogen-bond acceptors (Lipinski definition) is 3. The van der Waals surface area contributed by atoms with Crippen LogP contribution in [-0.4, -0.2) is 20.3 Å². The summed E-state index contributed by atoms with van der Waals surface area (Å²) in [6.07, 6.45) is 4.90. The van der Waals surface area contributed by atoms with Gasteiger partial charge in [0.2, 0.25) is 5.91 Å². The van der Waals surface area contributed by atoms with Crippen LogP contribution in [0.2, 0.25) is 5.02 Å². The van der Waals surface area contributed by atoms with E-state index in [0.717, 1.165) is 37.7 Å². The van der Waals surface area contributed by atoms with Gasteiger partial charge in [-0.05, 0) is 67.5 Å². The second-order valence-corrected chi connectivity index (χ2v) is 8.52. The first-order valence-corrected chi connectivity index (χ1v) is 10.8. The molecule has 6 nitrogen and oxygen atoms in total. The quantitative estimate of drug-likeness (QED) is 0.678. The predicted octanol–water partition coefficient (Wildman–Crippen LogP) is 3.89. The molecule has 1 amide bonds. The van der Waals surface area contributed by atoms with Gasteiger partial charge in [0.05, 0.1) is 6.04 Å². The molecule has 0 bridgehead atoms. The van der Waals surface area contributed by atoms with Gasteiger partial charge in [-0.15, -0.1) is 5.10 Å². The lowest BCUT2D eigenvalue weighted by molar-refractivity contribution is -0.122. The fourth-order valence-corrected chi connectivity index (χ4v) is 4.39. The molecule has 154 valence electrons. The van der Waals surface area contributed by atoms with Crippen LogP contribution >= 0.6 is 11.6 Å². The van der Waals surface area contributed by atoms with Crippen molar-refractivity contribution in [3.8, 4) is 11.4 Å². The Kier molecular flexibility index (Phi) is 4.95. The molecule has 5 rings (SSSR count). The predicted molar refractivity (Wildman–Crippen MR) is 115 cm³/mol. The maximum absolute atomic E-state index is 13.0. The molecule has 1 aromatic heterocycles. The summed E-state index contributed by atoms with van der Waals surface area (Å²) in [5, 5.41) is 8.25. The number of aromatic nitrogens is 3. The van der Waals surface area contributed by atoms with Crippen molar-refractivity contribution < 1.29 is 4.79 Å². The average molecular weight is 423 g/mol. The molecule has 0 aliphatic heterocycles. The lowest BCUT2D eigenvalue weighted by atomic mass is 9.88. The molecule has 1 unspecified atom stereocenters. The molecule has 1 fully saturated rings. The Labute approximate surface area is 179 Å². The fraction of sp³-hybridized carbons (Fsp3) is 0.348. The van der Waals surface area contributed by atoms with Crippen LogP contribution in [0.1, 0.15) is 48.9 Å². The molecule has 2 aliphatic rings. The third kappa shape index (κ3) is 3.67. The molecule has 0 saturated heterocycles. The Morgan fingerprint density at radius 2 is 1.87 bits per heavy atom. The lowest BCUT2D eigenvalue weighted by Gasteiger charge is -2.26. The first kappa shape index (κ1) is 19.1. The van der Waals surface area contributed by atoms with E-state index >= 15 is 0 Å². The summed E-state index contributed by atoms with van der Waals surface area (Å²) in [4.78, 5) is 25.8. The van der Waals surface area contributed by atoms with Crippen molar-refractivity contribution in [3.05, 3.63) is 75.2 Å². The Bertz CT molecular complexity index is 1140. The topological polar surface area (TPSA) is 68.9 Å². The van der Waals surface area contributed by atoms with Crippen molar-refractivity contribution in [3.63, 3.8) is 0 Å². The Morgan fingerprint density at radius 3 is 2.63 bits per heavy atom. The number of carbonyl (C=O) groups excluding carboxylic acids is 1.